The Balaban J connectivity index is 1.50. The van der Waals surface area contributed by atoms with Gasteiger partial charge in [0.2, 0.25) is 5.91 Å². The second-order valence-electron chi connectivity index (χ2n) is 7.20. The van der Waals surface area contributed by atoms with E-state index in [0.29, 0.717) is 38.3 Å². The second kappa shape index (κ2) is 10.6. The first-order chi connectivity index (χ1) is 14.6. The van der Waals surface area contributed by atoms with Gasteiger partial charge in [-0.05, 0) is 30.7 Å². The maximum Gasteiger partial charge on any atom is 0.274 e. The van der Waals surface area contributed by atoms with Crippen LogP contribution >= 0.6 is 0 Å². The van der Waals surface area contributed by atoms with Gasteiger partial charge < -0.3 is 19.4 Å². The zero-order valence-electron chi connectivity index (χ0n) is 17.7. The van der Waals surface area contributed by atoms with Crippen LogP contribution < -0.4 is 9.64 Å². The number of ether oxygens (including phenoxy) is 1. The smallest absolute Gasteiger partial charge is 0.274 e. The lowest BCUT2D eigenvalue weighted by molar-refractivity contribution is -0.131. The van der Waals surface area contributed by atoms with Crippen molar-refractivity contribution in [2.45, 2.75) is 19.8 Å². The van der Waals surface area contributed by atoms with Crippen molar-refractivity contribution in [2.24, 2.45) is 0 Å². The second-order valence-corrected chi connectivity index (χ2v) is 7.20. The van der Waals surface area contributed by atoms with Crippen LogP contribution in [0.3, 0.4) is 0 Å². The molecule has 160 valence electrons. The largest absolute Gasteiger partial charge is 0.497 e. The molecule has 2 amide bonds. The molecule has 8 heteroatoms. The number of carbonyl (C=O) groups is 2. The molecule has 0 spiro atoms. The molecule has 1 fully saturated rings. The van der Waals surface area contributed by atoms with Gasteiger partial charge in [0.1, 0.15) is 11.4 Å². The number of methoxy groups -OCH3 is 1. The monoisotopic (exact) mass is 411 g/mol. The quantitative estimate of drug-likeness (QED) is 0.662. The zero-order chi connectivity index (χ0) is 21.3. The number of hydrogen-bond acceptors (Lipinski definition) is 6. The lowest BCUT2D eigenvalue weighted by atomic mass is 10.2. The fraction of sp³-hybridized carbons (Fsp3) is 0.455. The normalized spacial score (nSPS) is 13.8. The average molecular weight is 412 g/mol. The summed E-state index contributed by atoms with van der Waals surface area (Å²) in [6, 6.07) is 7.97. The highest BCUT2D eigenvalue weighted by Gasteiger charge is 2.23. The Kier molecular flexibility index (Phi) is 7.59. The molecular weight excluding hydrogens is 382 g/mol. The van der Waals surface area contributed by atoms with Gasteiger partial charge in [-0.15, -0.1) is 0 Å². The number of nitrogens with zero attached hydrogens (tertiary/aromatic N) is 5. The molecule has 30 heavy (non-hydrogen) atoms. The summed E-state index contributed by atoms with van der Waals surface area (Å²) in [5, 5.41) is 0. The highest BCUT2D eigenvalue weighted by atomic mass is 16.5. The third kappa shape index (κ3) is 5.46. The number of anilines is 1. The summed E-state index contributed by atoms with van der Waals surface area (Å²) in [5.41, 5.74) is 1.44. The number of piperazine rings is 1. The highest BCUT2D eigenvalue weighted by molar-refractivity contribution is 5.92. The molecule has 0 aliphatic carbocycles. The molecule has 0 saturated carbocycles. The van der Waals surface area contributed by atoms with Gasteiger partial charge in [0.05, 0.1) is 13.3 Å². The molecule has 1 saturated heterocycles. The van der Waals surface area contributed by atoms with E-state index in [1.165, 1.54) is 18.6 Å². The minimum atomic E-state index is -0.179. The Morgan fingerprint density at radius 1 is 1.07 bits per heavy atom. The molecule has 1 aromatic heterocycles. The molecule has 2 heterocycles. The number of aromatic nitrogens is 2. The van der Waals surface area contributed by atoms with Gasteiger partial charge in [-0.1, -0.05) is 6.92 Å². The van der Waals surface area contributed by atoms with Crippen molar-refractivity contribution in [1.29, 1.82) is 0 Å². The van der Waals surface area contributed by atoms with E-state index in [1.54, 1.807) is 12.0 Å². The number of benzene rings is 1. The molecule has 2 aromatic rings. The van der Waals surface area contributed by atoms with Crippen LogP contribution in [0.5, 0.6) is 5.75 Å². The summed E-state index contributed by atoms with van der Waals surface area (Å²) in [6.07, 6.45) is 5.64. The van der Waals surface area contributed by atoms with Crippen LogP contribution in [0.2, 0.25) is 0 Å². The van der Waals surface area contributed by atoms with Gasteiger partial charge in [0.15, 0.2) is 0 Å². The molecule has 1 aliphatic rings. The third-order valence-corrected chi connectivity index (χ3v) is 5.23. The maximum absolute atomic E-state index is 12.7. The van der Waals surface area contributed by atoms with Gasteiger partial charge in [-0.2, -0.15) is 0 Å². The van der Waals surface area contributed by atoms with E-state index in [-0.39, 0.29) is 11.8 Å². The number of hydrogen-bond donors (Lipinski definition) is 0. The molecule has 3 rings (SSSR count). The summed E-state index contributed by atoms with van der Waals surface area (Å²) >= 11 is 0. The minimum Gasteiger partial charge on any atom is -0.497 e. The third-order valence-electron chi connectivity index (χ3n) is 5.23. The predicted molar refractivity (Wildman–Crippen MR) is 115 cm³/mol. The molecule has 0 unspecified atom stereocenters. The minimum absolute atomic E-state index is 0.0810. The van der Waals surface area contributed by atoms with E-state index in [1.807, 2.05) is 36.1 Å². The summed E-state index contributed by atoms with van der Waals surface area (Å²) < 4.78 is 5.21. The molecule has 0 atom stereocenters. The zero-order valence-corrected chi connectivity index (χ0v) is 17.7. The Hall–Kier alpha value is -3.16. The first kappa shape index (κ1) is 21.5. The molecule has 0 bridgehead atoms. The van der Waals surface area contributed by atoms with E-state index in [2.05, 4.69) is 14.9 Å². The fourth-order valence-corrected chi connectivity index (χ4v) is 3.55. The number of amides is 2. The summed E-state index contributed by atoms with van der Waals surface area (Å²) in [5.74, 6) is 0.736. The lowest BCUT2D eigenvalue weighted by Crippen LogP contribution is -2.49. The van der Waals surface area contributed by atoms with Crippen LogP contribution in [0.1, 0.15) is 30.3 Å². The van der Waals surface area contributed by atoms with Crippen molar-refractivity contribution in [2.75, 3.05) is 51.3 Å². The van der Waals surface area contributed by atoms with E-state index >= 15 is 0 Å². The van der Waals surface area contributed by atoms with E-state index in [9.17, 15) is 9.59 Å². The first-order valence-corrected chi connectivity index (χ1v) is 10.3. The molecule has 1 aromatic carbocycles. The Morgan fingerprint density at radius 3 is 2.40 bits per heavy atom. The van der Waals surface area contributed by atoms with Gasteiger partial charge in [0, 0.05) is 63.8 Å². The molecular formula is C22H29N5O3. The van der Waals surface area contributed by atoms with Gasteiger partial charge in [0.25, 0.3) is 5.91 Å². The molecule has 0 radical (unpaired) electrons. The molecule has 0 N–H and O–H groups in total. The van der Waals surface area contributed by atoms with Crippen LogP contribution in [0, 0.1) is 0 Å². The average Bonchev–Trinajstić information content (AvgIpc) is 2.82. The lowest BCUT2D eigenvalue weighted by Gasteiger charge is -2.36. The SMILES string of the molecule is CCCN(CCC(=O)N1CCN(c2ccc(OC)cc2)CC1)C(=O)c1cnccn1. The Bertz CT molecular complexity index is 820. The Morgan fingerprint density at radius 2 is 1.80 bits per heavy atom. The highest BCUT2D eigenvalue weighted by Crippen LogP contribution is 2.20. The van der Waals surface area contributed by atoms with Crippen molar-refractivity contribution in [3.8, 4) is 5.75 Å². The van der Waals surface area contributed by atoms with Gasteiger partial charge in [-0.25, -0.2) is 4.98 Å². The van der Waals surface area contributed by atoms with E-state index in [0.717, 1.165) is 30.9 Å². The van der Waals surface area contributed by atoms with Crippen molar-refractivity contribution in [3.63, 3.8) is 0 Å². The van der Waals surface area contributed by atoms with Crippen molar-refractivity contribution >= 4 is 17.5 Å². The van der Waals surface area contributed by atoms with Crippen LogP contribution in [-0.2, 0) is 4.79 Å². The number of carbonyl (C=O) groups excluding carboxylic acids is 2. The topological polar surface area (TPSA) is 78.9 Å². The van der Waals surface area contributed by atoms with Crippen molar-refractivity contribution in [3.05, 3.63) is 48.5 Å². The van der Waals surface area contributed by atoms with Crippen molar-refractivity contribution in [1.82, 2.24) is 19.8 Å². The summed E-state index contributed by atoms with van der Waals surface area (Å²) in [7, 11) is 1.65. The van der Waals surface area contributed by atoms with Crippen LogP contribution in [0.25, 0.3) is 0 Å². The van der Waals surface area contributed by atoms with E-state index in [4.69, 9.17) is 4.74 Å². The summed E-state index contributed by atoms with van der Waals surface area (Å²) in [6.45, 7) is 5.92. The summed E-state index contributed by atoms with van der Waals surface area (Å²) in [4.78, 5) is 39.3. The van der Waals surface area contributed by atoms with Crippen LogP contribution in [0.4, 0.5) is 5.69 Å². The first-order valence-electron chi connectivity index (χ1n) is 10.3. The van der Waals surface area contributed by atoms with Gasteiger partial charge in [-0.3, -0.25) is 14.6 Å². The van der Waals surface area contributed by atoms with E-state index < -0.39 is 0 Å². The standard InChI is InChI=1S/C22H29N5O3/c1-3-11-27(22(29)20-17-23-9-10-24-20)12-8-21(28)26-15-13-25(14-16-26)18-4-6-19(30-2)7-5-18/h4-7,9-10,17H,3,8,11-16H2,1-2H3. The fourth-order valence-electron chi connectivity index (χ4n) is 3.55. The maximum atomic E-state index is 12.7. The predicted octanol–water partition coefficient (Wildman–Crippen LogP) is 2.08. The van der Waals surface area contributed by atoms with Crippen LogP contribution in [-0.4, -0.2) is 78.0 Å². The van der Waals surface area contributed by atoms with Crippen LogP contribution in [0.15, 0.2) is 42.9 Å². The number of rotatable bonds is 8. The van der Waals surface area contributed by atoms with Crippen molar-refractivity contribution < 1.29 is 14.3 Å². The van der Waals surface area contributed by atoms with Gasteiger partial charge >= 0.3 is 0 Å². The Labute approximate surface area is 177 Å². The molecule has 8 nitrogen and oxygen atoms in total. The molecule has 1 aliphatic heterocycles.